The minimum absolute atomic E-state index is 0.330. The second-order valence-electron chi connectivity index (χ2n) is 5.11. The number of benzene rings is 1. The standard InChI is InChI=1S/C16H20F4N2O3/c17-12(11-23)5-3-1-2-4-10-21-15(24)22-13-6-8-14(9-7-13)25-16(18,19)20/h5-9,23H,1-4,10-11H2,(H2,21,22,24)/b12-5+. The van der Waals surface area contributed by atoms with Crippen molar-refractivity contribution in [3.05, 3.63) is 36.2 Å². The molecule has 0 unspecified atom stereocenters. The average molecular weight is 364 g/mol. The molecule has 0 heterocycles. The van der Waals surface area contributed by atoms with Gasteiger partial charge in [0, 0.05) is 12.2 Å². The van der Waals surface area contributed by atoms with Gasteiger partial charge in [0.1, 0.15) is 11.6 Å². The number of aliphatic hydroxyl groups excluding tert-OH is 1. The number of amides is 2. The molecule has 0 saturated heterocycles. The quantitative estimate of drug-likeness (QED) is 0.456. The van der Waals surface area contributed by atoms with E-state index in [-0.39, 0.29) is 5.75 Å². The number of halogens is 4. The summed E-state index contributed by atoms with van der Waals surface area (Å²) >= 11 is 0. The Balaban J connectivity index is 2.20. The minimum atomic E-state index is -4.76. The summed E-state index contributed by atoms with van der Waals surface area (Å²) < 4.78 is 52.4. The van der Waals surface area contributed by atoms with E-state index in [1.54, 1.807) is 0 Å². The molecule has 0 fully saturated rings. The lowest BCUT2D eigenvalue weighted by atomic mass is 10.2. The van der Waals surface area contributed by atoms with Gasteiger partial charge in [-0.25, -0.2) is 9.18 Å². The zero-order valence-electron chi connectivity index (χ0n) is 13.4. The number of anilines is 1. The number of alkyl halides is 3. The van der Waals surface area contributed by atoms with Gasteiger partial charge in [-0.05, 0) is 43.5 Å². The third-order valence-corrected chi connectivity index (χ3v) is 3.03. The van der Waals surface area contributed by atoms with E-state index in [1.165, 1.54) is 18.2 Å². The Morgan fingerprint density at radius 2 is 1.84 bits per heavy atom. The van der Waals surface area contributed by atoms with Crippen LogP contribution < -0.4 is 15.4 Å². The third kappa shape index (κ3) is 10.2. The highest BCUT2D eigenvalue weighted by Gasteiger charge is 2.30. The molecule has 3 N–H and O–H groups in total. The number of hydrogen-bond donors (Lipinski definition) is 3. The summed E-state index contributed by atoms with van der Waals surface area (Å²) in [4.78, 5) is 11.6. The second kappa shape index (κ2) is 10.5. The van der Waals surface area contributed by atoms with Crippen LogP contribution in [0.3, 0.4) is 0 Å². The fourth-order valence-electron chi connectivity index (χ4n) is 1.89. The van der Waals surface area contributed by atoms with E-state index >= 15 is 0 Å². The fourth-order valence-corrected chi connectivity index (χ4v) is 1.89. The Morgan fingerprint density at radius 1 is 1.16 bits per heavy atom. The van der Waals surface area contributed by atoms with Crippen molar-refractivity contribution in [3.8, 4) is 5.75 Å². The van der Waals surface area contributed by atoms with Crippen LogP contribution in [0.1, 0.15) is 25.7 Å². The summed E-state index contributed by atoms with van der Waals surface area (Å²) in [7, 11) is 0. The number of nitrogens with one attached hydrogen (secondary N) is 2. The molecular formula is C16H20F4N2O3. The van der Waals surface area contributed by atoms with Crippen LogP contribution >= 0.6 is 0 Å². The molecule has 9 heteroatoms. The molecule has 0 atom stereocenters. The number of aliphatic hydroxyl groups is 1. The first kappa shape index (κ1) is 20.8. The van der Waals surface area contributed by atoms with E-state index in [9.17, 15) is 22.4 Å². The molecule has 2 amide bonds. The van der Waals surface area contributed by atoms with Gasteiger partial charge < -0.3 is 20.5 Å². The summed E-state index contributed by atoms with van der Waals surface area (Å²) in [5, 5.41) is 13.6. The number of carbonyl (C=O) groups excluding carboxylic acids is 1. The zero-order chi connectivity index (χ0) is 18.7. The summed E-state index contributed by atoms with van der Waals surface area (Å²) in [5.41, 5.74) is 0.330. The largest absolute Gasteiger partial charge is 0.573 e. The van der Waals surface area contributed by atoms with Crippen molar-refractivity contribution in [2.24, 2.45) is 0 Å². The molecule has 0 radical (unpaired) electrons. The van der Waals surface area contributed by atoms with E-state index in [2.05, 4.69) is 15.4 Å². The Hall–Kier alpha value is -2.29. The van der Waals surface area contributed by atoms with Gasteiger partial charge in [0.15, 0.2) is 0 Å². The lowest BCUT2D eigenvalue weighted by Crippen LogP contribution is -2.29. The third-order valence-electron chi connectivity index (χ3n) is 3.03. The lowest BCUT2D eigenvalue weighted by Gasteiger charge is -2.10. The molecule has 5 nitrogen and oxygen atoms in total. The molecule has 1 aromatic carbocycles. The van der Waals surface area contributed by atoms with Gasteiger partial charge >= 0.3 is 12.4 Å². The predicted octanol–water partition coefficient (Wildman–Crippen LogP) is 4.11. The highest BCUT2D eigenvalue weighted by molar-refractivity contribution is 5.89. The van der Waals surface area contributed by atoms with Crippen LogP contribution in [0.4, 0.5) is 28.0 Å². The monoisotopic (exact) mass is 364 g/mol. The molecule has 0 spiro atoms. The normalized spacial score (nSPS) is 12.0. The molecule has 0 bridgehead atoms. The van der Waals surface area contributed by atoms with Crippen LogP contribution in [0.2, 0.25) is 0 Å². The van der Waals surface area contributed by atoms with Gasteiger partial charge in [-0.2, -0.15) is 0 Å². The van der Waals surface area contributed by atoms with Gasteiger partial charge in [-0.1, -0.05) is 12.5 Å². The summed E-state index contributed by atoms with van der Waals surface area (Å²) in [6, 6.07) is 4.31. The van der Waals surface area contributed by atoms with Crippen LogP contribution in [0.5, 0.6) is 5.75 Å². The van der Waals surface area contributed by atoms with Crippen molar-refractivity contribution in [2.45, 2.75) is 32.0 Å². The highest BCUT2D eigenvalue weighted by Crippen LogP contribution is 2.23. The Labute approximate surface area is 142 Å². The molecule has 0 saturated carbocycles. The van der Waals surface area contributed by atoms with Crippen molar-refractivity contribution >= 4 is 11.7 Å². The maximum atomic E-state index is 12.6. The van der Waals surface area contributed by atoms with Crippen molar-refractivity contribution in [3.63, 3.8) is 0 Å². The summed E-state index contributed by atoms with van der Waals surface area (Å²) in [5.74, 6) is -0.922. The van der Waals surface area contributed by atoms with E-state index in [0.29, 0.717) is 25.1 Å². The maximum absolute atomic E-state index is 12.6. The molecule has 1 aromatic rings. The molecule has 25 heavy (non-hydrogen) atoms. The minimum Gasteiger partial charge on any atom is -0.406 e. The SMILES string of the molecule is O=C(NCCCCC/C=C(/F)CO)Nc1ccc(OC(F)(F)F)cc1. The Bertz CT molecular complexity index is 559. The summed E-state index contributed by atoms with van der Waals surface area (Å²) in [6.45, 7) is -0.182. The van der Waals surface area contributed by atoms with Crippen LogP contribution in [0, 0.1) is 0 Å². The number of carbonyl (C=O) groups is 1. The molecule has 0 aromatic heterocycles. The first-order valence-electron chi connectivity index (χ1n) is 7.66. The second-order valence-corrected chi connectivity index (χ2v) is 5.11. The number of urea groups is 1. The Morgan fingerprint density at radius 3 is 2.44 bits per heavy atom. The average Bonchev–Trinajstić information content (AvgIpc) is 2.54. The van der Waals surface area contributed by atoms with Gasteiger partial charge in [0.25, 0.3) is 0 Å². The van der Waals surface area contributed by atoms with Crippen LogP contribution in [0.15, 0.2) is 36.2 Å². The molecule has 0 aliphatic rings. The van der Waals surface area contributed by atoms with Crippen LogP contribution in [0.25, 0.3) is 0 Å². The maximum Gasteiger partial charge on any atom is 0.573 e. The number of hydrogen-bond acceptors (Lipinski definition) is 3. The van der Waals surface area contributed by atoms with Gasteiger partial charge in [-0.3, -0.25) is 0 Å². The molecule has 1 rings (SSSR count). The zero-order valence-corrected chi connectivity index (χ0v) is 13.4. The molecule has 0 aliphatic carbocycles. The van der Waals surface area contributed by atoms with Crippen molar-refractivity contribution in [1.82, 2.24) is 5.32 Å². The van der Waals surface area contributed by atoms with Crippen LogP contribution in [-0.2, 0) is 0 Å². The fraction of sp³-hybridized carbons (Fsp3) is 0.438. The number of ether oxygens (including phenoxy) is 1. The first-order chi connectivity index (χ1) is 11.8. The smallest absolute Gasteiger partial charge is 0.406 e. The van der Waals surface area contributed by atoms with E-state index in [4.69, 9.17) is 5.11 Å². The summed E-state index contributed by atoms with van der Waals surface area (Å²) in [6.07, 6.45) is -0.708. The molecule has 0 aliphatic heterocycles. The van der Waals surface area contributed by atoms with E-state index < -0.39 is 24.8 Å². The van der Waals surface area contributed by atoms with Gasteiger partial charge in [-0.15, -0.1) is 13.2 Å². The Kier molecular flexibility index (Phi) is 8.76. The molecular weight excluding hydrogens is 344 g/mol. The predicted molar refractivity (Wildman–Crippen MR) is 84.9 cm³/mol. The molecule has 140 valence electrons. The first-order valence-corrected chi connectivity index (χ1v) is 7.66. The topological polar surface area (TPSA) is 70.6 Å². The van der Waals surface area contributed by atoms with Crippen LogP contribution in [-0.4, -0.2) is 30.7 Å². The van der Waals surface area contributed by atoms with Crippen molar-refractivity contribution in [2.75, 3.05) is 18.5 Å². The number of rotatable bonds is 9. The van der Waals surface area contributed by atoms with E-state index in [1.807, 2.05) is 0 Å². The highest BCUT2D eigenvalue weighted by atomic mass is 19.4. The van der Waals surface area contributed by atoms with Gasteiger partial charge in [0.05, 0.1) is 6.61 Å². The lowest BCUT2D eigenvalue weighted by molar-refractivity contribution is -0.274. The number of unbranched alkanes of at least 4 members (excludes halogenated alkanes) is 3. The van der Waals surface area contributed by atoms with Crippen molar-refractivity contribution < 1.29 is 32.2 Å². The number of allylic oxidation sites excluding steroid dienone is 1. The van der Waals surface area contributed by atoms with Gasteiger partial charge in [0.2, 0.25) is 0 Å². The van der Waals surface area contributed by atoms with E-state index in [0.717, 1.165) is 25.0 Å². The van der Waals surface area contributed by atoms with Crippen molar-refractivity contribution in [1.29, 1.82) is 0 Å².